The second-order valence-electron chi connectivity index (χ2n) is 4.12. The summed E-state index contributed by atoms with van der Waals surface area (Å²) in [5, 5.41) is 1.57. The molecule has 94 valence electrons. The molecule has 16 heavy (non-hydrogen) atoms. The number of rotatable bonds is 9. The SMILES string of the molecule is C[C@@H](N)CCCCN(N)/C=C(\N)CCC=O. The van der Waals surface area contributed by atoms with E-state index < -0.39 is 0 Å². The molecule has 0 fully saturated rings. The summed E-state index contributed by atoms with van der Waals surface area (Å²) in [5.41, 5.74) is 11.9. The molecule has 1 atom stereocenters. The van der Waals surface area contributed by atoms with E-state index in [1.54, 1.807) is 11.2 Å². The van der Waals surface area contributed by atoms with Crippen LogP contribution >= 0.6 is 0 Å². The monoisotopic (exact) mass is 228 g/mol. The second kappa shape index (κ2) is 9.18. The predicted molar refractivity (Wildman–Crippen MR) is 66.0 cm³/mol. The molecule has 5 heteroatoms. The van der Waals surface area contributed by atoms with Crippen LogP contribution in [0.15, 0.2) is 11.9 Å². The molecule has 0 bridgehead atoms. The first-order valence-electron chi connectivity index (χ1n) is 5.73. The van der Waals surface area contributed by atoms with E-state index in [9.17, 15) is 4.79 Å². The summed E-state index contributed by atoms with van der Waals surface area (Å²) < 4.78 is 0. The summed E-state index contributed by atoms with van der Waals surface area (Å²) in [6.07, 6.45) is 6.62. The molecule has 0 aromatic rings. The average molecular weight is 228 g/mol. The van der Waals surface area contributed by atoms with Crippen molar-refractivity contribution in [3.63, 3.8) is 0 Å². The van der Waals surface area contributed by atoms with Crippen LogP contribution in [0.3, 0.4) is 0 Å². The normalized spacial score (nSPS) is 13.6. The van der Waals surface area contributed by atoms with E-state index in [2.05, 4.69) is 0 Å². The summed E-state index contributed by atoms with van der Waals surface area (Å²) in [4.78, 5) is 10.1. The Morgan fingerprint density at radius 3 is 2.69 bits per heavy atom. The van der Waals surface area contributed by atoms with Gasteiger partial charge in [-0.15, -0.1) is 0 Å². The molecule has 0 rings (SSSR count). The summed E-state index contributed by atoms with van der Waals surface area (Å²) in [6.45, 7) is 2.76. The molecule has 0 amide bonds. The zero-order chi connectivity index (χ0) is 12.4. The Hall–Kier alpha value is -1.07. The maximum atomic E-state index is 10.1. The van der Waals surface area contributed by atoms with E-state index in [0.717, 1.165) is 32.1 Å². The molecule has 0 aromatic heterocycles. The maximum Gasteiger partial charge on any atom is 0.120 e. The Balaban J connectivity index is 3.63. The van der Waals surface area contributed by atoms with Crippen LogP contribution in [0, 0.1) is 0 Å². The Morgan fingerprint density at radius 1 is 1.44 bits per heavy atom. The van der Waals surface area contributed by atoms with Gasteiger partial charge in [-0.25, -0.2) is 5.84 Å². The number of hydrazine groups is 1. The van der Waals surface area contributed by atoms with Crippen LogP contribution in [0.25, 0.3) is 0 Å². The molecule has 0 spiro atoms. The first-order chi connectivity index (χ1) is 7.56. The number of hydrogen-bond donors (Lipinski definition) is 3. The van der Waals surface area contributed by atoms with Gasteiger partial charge in [0.2, 0.25) is 0 Å². The highest BCUT2D eigenvalue weighted by Crippen LogP contribution is 2.01. The lowest BCUT2D eigenvalue weighted by molar-refractivity contribution is -0.107. The fourth-order valence-electron chi connectivity index (χ4n) is 1.33. The van der Waals surface area contributed by atoms with Crippen molar-refractivity contribution < 1.29 is 4.79 Å². The van der Waals surface area contributed by atoms with Crippen molar-refractivity contribution in [1.82, 2.24) is 5.01 Å². The van der Waals surface area contributed by atoms with Crippen molar-refractivity contribution in [1.29, 1.82) is 0 Å². The standard InChI is InChI=1S/C11H24N4O/c1-10(12)5-2-3-7-15(14)9-11(13)6-4-8-16/h8-10H,2-7,12-14H2,1H3/b11-9-/t10-/m1/s1. The molecule has 0 radical (unpaired) electrons. The fourth-order valence-corrected chi connectivity index (χ4v) is 1.33. The molecule has 0 saturated carbocycles. The average Bonchev–Trinajstić information content (AvgIpc) is 2.21. The third-order valence-corrected chi connectivity index (χ3v) is 2.21. The lowest BCUT2D eigenvalue weighted by Gasteiger charge is -2.15. The van der Waals surface area contributed by atoms with Crippen molar-refractivity contribution in [2.75, 3.05) is 6.54 Å². The molecule has 5 nitrogen and oxygen atoms in total. The summed E-state index contributed by atoms with van der Waals surface area (Å²) in [6, 6.07) is 0.249. The number of nitrogens with two attached hydrogens (primary N) is 3. The molecule has 0 aliphatic rings. The minimum absolute atomic E-state index is 0.249. The number of unbranched alkanes of at least 4 members (excludes halogenated alkanes) is 1. The van der Waals surface area contributed by atoms with E-state index in [4.69, 9.17) is 17.3 Å². The van der Waals surface area contributed by atoms with E-state index in [0.29, 0.717) is 18.5 Å². The van der Waals surface area contributed by atoms with Crippen molar-refractivity contribution in [3.8, 4) is 0 Å². The predicted octanol–water partition coefficient (Wildman–Crippen LogP) is 0.459. The lowest BCUT2D eigenvalue weighted by atomic mass is 10.1. The van der Waals surface area contributed by atoms with Gasteiger partial charge in [-0.3, -0.25) is 0 Å². The van der Waals surface area contributed by atoms with Gasteiger partial charge in [0.25, 0.3) is 0 Å². The minimum atomic E-state index is 0.249. The molecule has 0 unspecified atom stereocenters. The molecule has 0 aliphatic heterocycles. The van der Waals surface area contributed by atoms with Crippen LogP contribution in [0.1, 0.15) is 39.0 Å². The molecular weight excluding hydrogens is 204 g/mol. The van der Waals surface area contributed by atoms with Crippen LogP contribution in [-0.2, 0) is 4.79 Å². The quantitative estimate of drug-likeness (QED) is 0.230. The minimum Gasteiger partial charge on any atom is -0.401 e. The van der Waals surface area contributed by atoms with Crippen molar-refractivity contribution >= 4 is 6.29 Å². The smallest absolute Gasteiger partial charge is 0.120 e. The number of hydrogen-bond acceptors (Lipinski definition) is 5. The zero-order valence-electron chi connectivity index (χ0n) is 10.1. The van der Waals surface area contributed by atoms with Gasteiger partial charge in [0.05, 0.1) is 0 Å². The Kier molecular flexibility index (Phi) is 8.56. The Morgan fingerprint density at radius 2 is 2.12 bits per heavy atom. The number of carbonyl (C=O) groups excluding carboxylic acids is 1. The highest BCUT2D eigenvalue weighted by atomic mass is 16.1. The largest absolute Gasteiger partial charge is 0.401 e. The van der Waals surface area contributed by atoms with E-state index in [1.165, 1.54) is 0 Å². The number of allylic oxidation sites excluding steroid dienone is 1. The van der Waals surface area contributed by atoms with Gasteiger partial charge in [-0.1, -0.05) is 6.42 Å². The van der Waals surface area contributed by atoms with E-state index >= 15 is 0 Å². The molecule has 0 heterocycles. The zero-order valence-corrected chi connectivity index (χ0v) is 10.1. The van der Waals surface area contributed by atoms with Gasteiger partial charge < -0.3 is 21.3 Å². The number of aldehydes is 1. The lowest BCUT2D eigenvalue weighted by Crippen LogP contribution is -2.28. The summed E-state index contributed by atoms with van der Waals surface area (Å²) >= 11 is 0. The van der Waals surface area contributed by atoms with E-state index in [1.807, 2.05) is 6.92 Å². The first-order valence-corrected chi connectivity index (χ1v) is 5.73. The van der Waals surface area contributed by atoms with Gasteiger partial charge in [-0.05, 0) is 26.2 Å². The van der Waals surface area contributed by atoms with Crippen LogP contribution in [0.2, 0.25) is 0 Å². The van der Waals surface area contributed by atoms with Gasteiger partial charge >= 0.3 is 0 Å². The van der Waals surface area contributed by atoms with Crippen LogP contribution < -0.4 is 17.3 Å². The van der Waals surface area contributed by atoms with Crippen molar-refractivity contribution in [2.24, 2.45) is 17.3 Å². The Labute approximate surface area is 97.6 Å². The second-order valence-corrected chi connectivity index (χ2v) is 4.12. The first kappa shape index (κ1) is 14.9. The topological polar surface area (TPSA) is 98.4 Å². The number of nitrogens with zero attached hydrogens (tertiary/aromatic N) is 1. The number of carbonyl (C=O) groups is 1. The van der Waals surface area contributed by atoms with Crippen LogP contribution in [0.4, 0.5) is 0 Å². The summed E-state index contributed by atoms with van der Waals surface area (Å²) in [7, 11) is 0. The molecular formula is C11H24N4O. The maximum absolute atomic E-state index is 10.1. The van der Waals surface area contributed by atoms with Gasteiger partial charge in [0, 0.05) is 30.9 Å². The van der Waals surface area contributed by atoms with Crippen molar-refractivity contribution in [2.45, 2.75) is 45.1 Å². The molecule has 6 N–H and O–H groups in total. The van der Waals surface area contributed by atoms with Crippen LogP contribution in [0.5, 0.6) is 0 Å². The van der Waals surface area contributed by atoms with E-state index in [-0.39, 0.29) is 6.04 Å². The third kappa shape index (κ3) is 9.48. The van der Waals surface area contributed by atoms with Gasteiger partial charge in [-0.2, -0.15) is 0 Å². The van der Waals surface area contributed by atoms with Crippen molar-refractivity contribution in [3.05, 3.63) is 11.9 Å². The fraction of sp³-hybridized carbons (Fsp3) is 0.727. The third-order valence-electron chi connectivity index (χ3n) is 2.21. The molecule has 0 aliphatic carbocycles. The molecule has 0 aromatic carbocycles. The summed E-state index contributed by atoms with van der Waals surface area (Å²) in [5.74, 6) is 5.72. The van der Waals surface area contributed by atoms with Gasteiger partial charge in [0.15, 0.2) is 0 Å². The van der Waals surface area contributed by atoms with Gasteiger partial charge in [0.1, 0.15) is 6.29 Å². The Bertz CT molecular complexity index is 216. The highest BCUT2D eigenvalue weighted by molar-refractivity contribution is 5.49. The molecule has 0 saturated heterocycles. The van der Waals surface area contributed by atoms with Crippen LogP contribution in [-0.4, -0.2) is 23.9 Å². The highest BCUT2D eigenvalue weighted by Gasteiger charge is 1.98.